The highest BCUT2D eigenvalue weighted by Crippen LogP contribution is 2.21. The first-order valence-electron chi connectivity index (χ1n) is 7.85. The summed E-state index contributed by atoms with van der Waals surface area (Å²) in [5, 5.41) is 3.57. The predicted molar refractivity (Wildman–Crippen MR) is 103 cm³/mol. The molecule has 0 radical (unpaired) electrons. The van der Waals surface area contributed by atoms with Gasteiger partial charge in [-0.2, -0.15) is 0 Å². The SMILES string of the molecule is CC(Oc1ccc2ccc(=O)oc2c1)C(=O)Nc1cccc(CN)c1.Cl. The fourth-order valence-corrected chi connectivity index (χ4v) is 2.39. The summed E-state index contributed by atoms with van der Waals surface area (Å²) < 4.78 is 10.8. The molecule has 0 saturated carbocycles. The van der Waals surface area contributed by atoms with Crippen molar-refractivity contribution < 1.29 is 13.9 Å². The summed E-state index contributed by atoms with van der Waals surface area (Å²) in [6, 6.07) is 15.4. The molecule has 136 valence electrons. The molecule has 3 rings (SSSR count). The van der Waals surface area contributed by atoms with E-state index in [1.165, 1.54) is 6.07 Å². The molecule has 0 fully saturated rings. The second kappa shape index (κ2) is 8.51. The molecule has 3 N–H and O–H groups in total. The topological polar surface area (TPSA) is 94.6 Å². The van der Waals surface area contributed by atoms with Gasteiger partial charge in [0, 0.05) is 29.8 Å². The van der Waals surface area contributed by atoms with Crippen molar-refractivity contribution in [1.29, 1.82) is 0 Å². The van der Waals surface area contributed by atoms with Crippen molar-refractivity contribution >= 4 is 35.0 Å². The molecule has 7 heteroatoms. The highest BCUT2D eigenvalue weighted by atomic mass is 35.5. The third kappa shape index (κ3) is 4.62. The minimum Gasteiger partial charge on any atom is -0.481 e. The van der Waals surface area contributed by atoms with Crippen LogP contribution in [0.1, 0.15) is 12.5 Å². The van der Waals surface area contributed by atoms with E-state index in [2.05, 4.69) is 5.32 Å². The van der Waals surface area contributed by atoms with Crippen LogP contribution in [0.25, 0.3) is 11.0 Å². The van der Waals surface area contributed by atoms with E-state index in [0.29, 0.717) is 23.6 Å². The smallest absolute Gasteiger partial charge is 0.336 e. The summed E-state index contributed by atoms with van der Waals surface area (Å²) >= 11 is 0. The second-order valence-electron chi connectivity index (χ2n) is 5.61. The number of nitrogens with two attached hydrogens (primary N) is 1. The molecule has 0 spiro atoms. The molecular weight excluding hydrogens is 356 g/mol. The Morgan fingerprint density at radius 3 is 2.73 bits per heavy atom. The lowest BCUT2D eigenvalue weighted by atomic mass is 10.2. The molecule has 0 aliphatic carbocycles. The Morgan fingerprint density at radius 2 is 1.96 bits per heavy atom. The highest BCUT2D eigenvalue weighted by molar-refractivity contribution is 5.94. The van der Waals surface area contributed by atoms with Gasteiger partial charge in [0.15, 0.2) is 6.10 Å². The molecule has 1 atom stereocenters. The molecule has 26 heavy (non-hydrogen) atoms. The van der Waals surface area contributed by atoms with Crippen LogP contribution in [0.15, 0.2) is 63.8 Å². The third-order valence-corrected chi connectivity index (χ3v) is 3.71. The molecule has 0 bridgehead atoms. The van der Waals surface area contributed by atoms with E-state index in [0.717, 1.165) is 10.9 Å². The maximum Gasteiger partial charge on any atom is 0.336 e. The van der Waals surface area contributed by atoms with Gasteiger partial charge in [-0.3, -0.25) is 4.79 Å². The fourth-order valence-electron chi connectivity index (χ4n) is 2.39. The normalized spacial score (nSPS) is 11.5. The summed E-state index contributed by atoms with van der Waals surface area (Å²) in [6.07, 6.45) is -0.727. The highest BCUT2D eigenvalue weighted by Gasteiger charge is 2.15. The Labute approximate surface area is 156 Å². The maximum absolute atomic E-state index is 12.3. The number of hydrogen-bond acceptors (Lipinski definition) is 5. The largest absolute Gasteiger partial charge is 0.481 e. The first kappa shape index (κ1) is 19.5. The van der Waals surface area contributed by atoms with Crippen LogP contribution in [0, 0.1) is 0 Å². The third-order valence-electron chi connectivity index (χ3n) is 3.71. The summed E-state index contributed by atoms with van der Waals surface area (Å²) in [6.45, 7) is 2.05. The van der Waals surface area contributed by atoms with E-state index in [-0.39, 0.29) is 18.3 Å². The van der Waals surface area contributed by atoms with Gasteiger partial charge in [-0.15, -0.1) is 12.4 Å². The van der Waals surface area contributed by atoms with Crippen molar-refractivity contribution in [2.75, 3.05) is 5.32 Å². The molecule has 6 nitrogen and oxygen atoms in total. The van der Waals surface area contributed by atoms with Gasteiger partial charge in [0.05, 0.1) is 0 Å². The van der Waals surface area contributed by atoms with Crippen molar-refractivity contribution in [2.24, 2.45) is 5.73 Å². The van der Waals surface area contributed by atoms with Crippen LogP contribution >= 0.6 is 12.4 Å². The van der Waals surface area contributed by atoms with Gasteiger partial charge in [0.25, 0.3) is 5.91 Å². The van der Waals surface area contributed by atoms with Crippen LogP contribution < -0.4 is 21.4 Å². The quantitative estimate of drug-likeness (QED) is 0.669. The molecule has 1 heterocycles. The average molecular weight is 375 g/mol. The molecule has 1 aromatic heterocycles. The van der Waals surface area contributed by atoms with Gasteiger partial charge in [-0.25, -0.2) is 4.79 Å². The Balaban J connectivity index is 0.00000243. The first-order valence-corrected chi connectivity index (χ1v) is 7.85. The number of anilines is 1. The number of benzene rings is 2. The van der Waals surface area contributed by atoms with Crippen molar-refractivity contribution in [2.45, 2.75) is 19.6 Å². The number of amides is 1. The minimum atomic E-state index is -0.727. The van der Waals surface area contributed by atoms with Crippen LogP contribution in [-0.4, -0.2) is 12.0 Å². The molecule has 1 unspecified atom stereocenters. The van der Waals surface area contributed by atoms with Crippen LogP contribution in [-0.2, 0) is 11.3 Å². The number of nitrogens with one attached hydrogen (secondary N) is 1. The molecule has 2 aromatic carbocycles. The average Bonchev–Trinajstić information content (AvgIpc) is 2.61. The molecule has 0 aliphatic rings. The van der Waals surface area contributed by atoms with E-state index >= 15 is 0 Å². The van der Waals surface area contributed by atoms with E-state index in [1.807, 2.05) is 18.2 Å². The Hall–Kier alpha value is -2.83. The summed E-state index contributed by atoms with van der Waals surface area (Å²) in [5.74, 6) is 0.156. The van der Waals surface area contributed by atoms with E-state index in [9.17, 15) is 9.59 Å². The van der Waals surface area contributed by atoms with Crippen LogP contribution in [0.4, 0.5) is 5.69 Å². The molecule has 0 aliphatic heterocycles. The number of carbonyl (C=O) groups is 1. The number of halogens is 1. The number of rotatable bonds is 5. The van der Waals surface area contributed by atoms with Crippen LogP contribution in [0.3, 0.4) is 0 Å². The summed E-state index contributed by atoms with van der Waals surface area (Å²) in [5.41, 5.74) is 7.16. The molecule has 3 aromatic rings. The van der Waals surface area contributed by atoms with Gasteiger partial charge >= 0.3 is 5.63 Å². The molecule has 0 saturated heterocycles. The van der Waals surface area contributed by atoms with Crippen LogP contribution in [0.2, 0.25) is 0 Å². The zero-order chi connectivity index (χ0) is 17.8. The zero-order valence-electron chi connectivity index (χ0n) is 14.1. The Morgan fingerprint density at radius 1 is 1.19 bits per heavy atom. The zero-order valence-corrected chi connectivity index (χ0v) is 14.9. The van der Waals surface area contributed by atoms with Gasteiger partial charge in [-0.1, -0.05) is 12.1 Å². The predicted octanol–water partition coefficient (Wildman–Crippen LogP) is 3.08. The maximum atomic E-state index is 12.3. The fraction of sp³-hybridized carbons (Fsp3) is 0.158. The number of carbonyl (C=O) groups excluding carboxylic acids is 1. The number of hydrogen-bond donors (Lipinski definition) is 2. The Bertz CT molecular complexity index is 971. The van der Waals surface area contributed by atoms with Crippen molar-refractivity contribution in [3.05, 3.63) is 70.6 Å². The lowest BCUT2D eigenvalue weighted by Crippen LogP contribution is -2.30. The lowest BCUT2D eigenvalue weighted by molar-refractivity contribution is -0.122. The van der Waals surface area contributed by atoms with Gasteiger partial charge in [-0.05, 0) is 42.8 Å². The van der Waals surface area contributed by atoms with Crippen molar-refractivity contribution in [1.82, 2.24) is 0 Å². The van der Waals surface area contributed by atoms with Crippen molar-refractivity contribution in [3.63, 3.8) is 0 Å². The van der Waals surface area contributed by atoms with Gasteiger partial charge in [0.2, 0.25) is 0 Å². The van der Waals surface area contributed by atoms with E-state index in [4.69, 9.17) is 14.9 Å². The number of ether oxygens (including phenoxy) is 1. The number of fused-ring (bicyclic) bond motifs is 1. The van der Waals surface area contributed by atoms with Gasteiger partial charge < -0.3 is 20.2 Å². The summed E-state index contributed by atoms with van der Waals surface area (Å²) in [7, 11) is 0. The van der Waals surface area contributed by atoms with E-state index < -0.39 is 11.7 Å². The van der Waals surface area contributed by atoms with E-state index in [1.54, 1.807) is 37.3 Å². The second-order valence-corrected chi connectivity index (χ2v) is 5.61. The summed E-state index contributed by atoms with van der Waals surface area (Å²) in [4.78, 5) is 23.6. The minimum absolute atomic E-state index is 0. The monoisotopic (exact) mass is 374 g/mol. The Kier molecular flexibility index (Phi) is 6.38. The molecule has 1 amide bonds. The first-order chi connectivity index (χ1) is 12.0. The van der Waals surface area contributed by atoms with Crippen molar-refractivity contribution in [3.8, 4) is 5.75 Å². The molecular formula is C19H19ClN2O4. The standard InChI is InChI=1S/C19H18N2O4.ClH/c1-12(19(23)21-15-4-2-3-13(9-15)11-20)24-16-7-5-14-6-8-18(22)25-17(14)10-16;/h2-10,12H,11,20H2,1H3,(H,21,23);1H. The van der Waals surface area contributed by atoms with Gasteiger partial charge in [0.1, 0.15) is 11.3 Å². The van der Waals surface area contributed by atoms with Crippen LogP contribution in [0.5, 0.6) is 5.75 Å². The lowest BCUT2D eigenvalue weighted by Gasteiger charge is -2.15.